The molecule has 0 bridgehead atoms. The van der Waals surface area contributed by atoms with Crippen molar-refractivity contribution in [2.75, 3.05) is 25.0 Å². The Morgan fingerprint density at radius 3 is 2.58 bits per heavy atom. The van der Waals surface area contributed by atoms with Crippen LogP contribution in [0.3, 0.4) is 0 Å². The van der Waals surface area contributed by atoms with Gasteiger partial charge in [-0.2, -0.15) is 0 Å². The van der Waals surface area contributed by atoms with Crippen molar-refractivity contribution in [3.05, 3.63) is 28.8 Å². The molecule has 1 aliphatic rings. The summed E-state index contributed by atoms with van der Waals surface area (Å²) in [6, 6.07) is 5.47. The average Bonchev–Trinajstić information content (AvgIpc) is 2.39. The molecule has 5 heteroatoms. The Morgan fingerprint density at radius 1 is 1.42 bits per heavy atom. The van der Waals surface area contributed by atoms with E-state index in [1.807, 2.05) is 19.2 Å². The number of carbonyl (C=O) groups is 1. The smallest absolute Gasteiger partial charge is 0.252 e. The fourth-order valence-electron chi connectivity index (χ4n) is 2.51. The van der Waals surface area contributed by atoms with E-state index in [1.165, 1.54) is 0 Å². The molecule has 3 N–H and O–H groups in total. The third kappa shape index (κ3) is 2.85. The molecule has 104 valence electrons. The molecule has 4 nitrogen and oxygen atoms in total. The molecule has 1 amide bonds. The van der Waals surface area contributed by atoms with Crippen LogP contribution in [0.1, 0.15) is 30.1 Å². The van der Waals surface area contributed by atoms with E-state index >= 15 is 0 Å². The first-order valence-electron chi connectivity index (χ1n) is 6.49. The lowest BCUT2D eigenvalue weighted by atomic mass is 9.89. The van der Waals surface area contributed by atoms with Crippen molar-refractivity contribution in [3.8, 4) is 0 Å². The number of nitrogens with two attached hydrogens (primary N) is 1. The van der Waals surface area contributed by atoms with Crippen molar-refractivity contribution in [2.24, 2.45) is 5.73 Å². The number of nitrogens with zero attached hydrogens (tertiary/aromatic N) is 1. The predicted octanol–water partition coefficient (Wildman–Crippen LogP) is 2.02. The minimum atomic E-state index is -0.470. The van der Waals surface area contributed by atoms with Gasteiger partial charge in [-0.25, -0.2) is 0 Å². The molecule has 0 spiro atoms. The van der Waals surface area contributed by atoms with E-state index in [0.29, 0.717) is 10.6 Å². The Balaban J connectivity index is 2.25. The third-order valence-electron chi connectivity index (χ3n) is 4.05. The van der Waals surface area contributed by atoms with Crippen LogP contribution in [0, 0.1) is 0 Å². The molecule has 0 radical (unpaired) electrons. The van der Waals surface area contributed by atoms with Gasteiger partial charge in [-0.3, -0.25) is 4.79 Å². The van der Waals surface area contributed by atoms with Gasteiger partial charge in [0.2, 0.25) is 0 Å². The summed E-state index contributed by atoms with van der Waals surface area (Å²) in [5.41, 5.74) is 6.88. The monoisotopic (exact) mass is 281 g/mol. The Kier molecular flexibility index (Phi) is 4.02. The number of primary amides is 1. The molecule has 19 heavy (non-hydrogen) atoms. The average molecular weight is 282 g/mol. The molecule has 0 saturated carbocycles. The Labute approximate surface area is 118 Å². The third-order valence-corrected chi connectivity index (χ3v) is 4.36. The lowest BCUT2D eigenvalue weighted by Gasteiger charge is -2.40. The van der Waals surface area contributed by atoms with E-state index in [4.69, 9.17) is 17.3 Å². The quantitative estimate of drug-likeness (QED) is 0.891. The molecule has 1 aliphatic heterocycles. The lowest BCUT2D eigenvalue weighted by molar-refractivity contribution is 0.100. The molecule has 0 aromatic heterocycles. The molecular formula is C14H20ClN3O. The van der Waals surface area contributed by atoms with Crippen molar-refractivity contribution in [1.82, 2.24) is 5.32 Å². The number of amides is 1. The molecule has 1 saturated heterocycles. The Hall–Kier alpha value is -1.26. The van der Waals surface area contributed by atoms with Gasteiger partial charge in [0.05, 0.1) is 16.3 Å². The number of halogens is 1. The second kappa shape index (κ2) is 5.39. The fourth-order valence-corrected chi connectivity index (χ4v) is 2.77. The van der Waals surface area contributed by atoms with Gasteiger partial charge in [0.25, 0.3) is 5.91 Å². The number of benzene rings is 1. The first kappa shape index (κ1) is 14.2. The Morgan fingerprint density at radius 2 is 2.05 bits per heavy atom. The summed E-state index contributed by atoms with van der Waals surface area (Å²) in [7, 11) is 1.99. The van der Waals surface area contributed by atoms with Gasteiger partial charge in [-0.15, -0.1) is 0 Å². The van der Waals surface area contributed by atoms with E-state index in [2.05, 4.69) is 17.1 Å². The molecule has 1 heterocycles. The number of anilines is 1. The van der Waals surface area contributed by atoms with Crippen LogP contribution in [0.15, 0.2) is 18.2 Å². The van der Waals surface area contributed by atoms with E-state index in [-0.39, 0.29) is 5.54 Å². The van der Waals surface area contributed by atoms with Crippen LogP contribution < -0.4 is 16.0 Å². The summed E-state index contributed by atoms with van der Waals surface area (Å²) < 4.78 is 0. The first-order chi connectivity index (χ1) is 8.97. The highest BCUT2D eigenvalue weighted by atomic mass is 35.5. The minimum Gasteiger partial charge on any atom is -0.371 e. The van der Waals surface area contributed by atoms with Crippen LogP contribution in [0.5, 0.6) is 0 Å². The second-order valence-corrected chi connectivity index (χ2v) is 5.70. The predicted molar refractivity (Wildman–Crippen MR) is 78.9 cm³/mol. The standard InChI is InChI=1S/C14H20ClN3O/c1-14(17-2)6-8-18(9-7-14)11-5-3-4-10(15)12(11)13(16)19/h3-5,17H,6-9H2,1-2H3,(H2,16,19). The normalized spacial score (nSPS) is 18.4. The van der Waals surface area contributed by atoms with Crippen molar-refractivity contribution in [1.29, 1.82) is 0 Å². The van der Waals surface area contributed by atoms with Crippen molar-refractivity contribution < 1.29 is 4.79 Å². The van der Waals surface area contributed by atoms with Gasteiger partial charge in [-0.1, -0.05) is 17.7 Å². The number of piperidine rings is 1. The van der Waals surface area contributed by atoms with Gasteiger partial charge < -0.3 is 16.0 Å². The highest BCUT2D eigenvalue weighted by Crippen LogP contribution is 2.31. The maximum absolute atomic E-state index is 11.6. The van der Waals surface area contributed by atoms with Gasteiger partial charge in [0, 0.05) is 18.6 Å². The van der Waals surface area contributed by atoms with Gasteiger partial charge in [-0.05, 0) is 38.9 Å². The highest BCUT2D eigenvalue weighted by Gasteiger charge is 2.29. The number of hydrogen-bond donors (Lipinski definition) is 2. The van der Waals surface area contributed by atoms with E-state index in [9.17, 15) is 4.79 Å². The van der Waals surface area contributed by atoms with E-state index < -0.39 is 5.91 Å². The van der Waals surface area contributed by atoms with Gasteiger partial charge >= 0.3 is 0 Å². The minimum absolute atomic E-state index is 0.169. The summed E-state index contributed by atoms with van der Waals surface area (Å²) in [5, 5.41) is 3.78. The molecule has 0 atom stereocenters. The highest BCUT2D eigenvalue weighted by molar-refractivity contribution is 6.34. The molecule has 1 aromatic rings. The van der Waals surface area contributed by atoms with Gasteiger partial charge in [0.1, 0.15) is 0 Å². The summed E-state index contributed by atoms with van der Waals surface area (Å²) in [5.74, 6) is -0.470. The first-order valence-corrected chi connectivity index (χ1v) is 6.87. The molecule has 1 fully saturated rings. The van der Waals surface area contributed by atoms with Crippen LogP contribution in [-0.4, -0.2) is 31.6 Å². The van der Waals surface area contributed by atoms with Gasteiger partial charge in [0.15, 0.2) is 0 Å². The van der Waals surface area contributed by atoms with E-state index in [0.717, 1.165) is 31.6 Å². The lowest BCUT2D eigenvalue weighted by Crippen LogP contribution is -2.50. The number of rotatable bonds is 3. The number of hydrogen-bond acceptors (Lipinski definition) is 3. The summed E-state index contributed by atoms with van der Waals surface area (Å²) in [6.07, 6.45) is 2.04. The Bertz CT molecular complexity index is 482. The maximum atomic E-state index is 11.6. The molecular weight excluding hydrogens is 262 g/mol. The zero-order valence-corrected chi connectivity index (χ0v) is 12.1. The number of nitrogens with one attached hydrogen (secondary N) is 1. The summed E-state index contributed by atoms with van der Waals surface area (Å²) >= 11 is 6.09. The topological polar surface area (TPSA) is 58.4 Å². The SMILES string of the molecule is CNC1(C)CCN(c2cccc(Cl)c2C(N)=O)CC1. The summed E-state index contributed by atoms with van der Waals surface area (Å²) in [6.45, 7) is 3.99. The molecule has 2 rings (SSSR count). The number of carbonyl (C=O) groups excluding carboxylic acids is 1. The molecule has 0 unspecified atom stereocenters. The molecule has 0 aliphatic carbocycles. The zero-order chi connectivity index (χ0) is 14.0. The van der Waals surface area contributed by atoms with Crippen LogP contribution >= 0.6 is 11.6 Å². The maximum Gasteiger partial charge on any atom is 0.252 e. The molecule has 1 aromatic carbocycles. The van der Waals surface area contributed by atoms with Crippen LogP contribution in [0.2, 0.25) is 5.02 Å². The van der Waals surface area contributed by atoms with Crippen molar-refractivity contribution in [2.45, 2.75) is 25.3 Å². The fraction of sp³-hybridized carbons (Fsp3) is 0.500. The van der Waals surface area contributed by atoms with Crippen molar-refractivity contribution in [3.63, 3.8) is 0 Å². The van der Waals surface area contributed by atoms with E-state index in [1.54, 1.807) is 6.07 Å². The second-order valence-electron chi connectivity index (χ2n) is 5.30. The van der Waals surface area contributed by atoms with Crippen LogP contribution in [0.25, 0.3) is 0 Å². The zero-order valence-electron chi connectivity index (χ0n) is 11.4. The largest absolute Gasteiger partial charge is 0.371 e. The summed E-state index contributed by atoms with van der Waals surface area (Å²) in [4.78, 5) is 13.8. The van der Waals surface area contributed by atoms with Crippen molar-refractivity contribution >= 4 is 23.2 Å². The van der Waals surface area contributed by atoms with Crippen LogP contribution in [-0.2, 0) is 0 Å². The van der Waals surface area contributed by atoms with Crippen LogP contribution in [0.4, 0.5) is 5.69 Å².